The molecule has 1 atom stereocenters. The van der Waals surface area contributed by atoms with Gasteiger partial charge in [0.15, 0.2) is 0 Å². The molecule has 0 radical (unpaired) electrons. The van der Waals surface area contributed by atoms with Crippen LogP contribution in [0.15, 0.2) is 24.3 Å². The van der Waals surface area contributed by atoms with Crippen molar-refractivity contribution in [3.8, 4) is 5.75 Å². The molecule has 0 spiro atoms. The van der Waals surface area contributed by atoms with Gasteiger partial charge in [-0.15, -0.1) is 0 Å². The number of aliphatic hydroxyl groups is 1. The maximum atomic E-state index is 9.48. The Morgan fingerprint density at radius 2 is 1.81 bits per heavy atom. The maximum absolute atomic E-state index is 9.48. The zero-order chi connectivity index (χ0) is 11.4. The van der Waals surface area contributed by atoms with Crippen molar-refractivity contribution in [2.45, 2.75) is 6.04 Å². The van der Waals surface area contributed by atoms with Gasteiger partial charge in [-0.3, -0.25) is 4.90 Å². The first kappa shape index (κ1) is 11.4. The molecule has 1 unspecified atom stereocenters. The third-order valence-electron chi connectivity index (χ3n) is 3.04. The van der Waals surface area contributed by atoms with Crippen LogP contribution in [0.2, 0.25) is 0 Å². The third-order valence-corrected chi connectivity index (χ3v) is 3.04. The predicted molar refractivity (Wildman–Crippen MR) is 62.4 cm³/mol. The minimum atomic E-state index is 0.0442. The molecule has 1 aliphatic rings. The van der Waals surface area contributed by atoms with E-state index in [0.717, 1.165) is 31.7 Å². The zero-order valence-electron chi connectivity index (χ0n) is 9.26. The molecule has 1 aromatic carbocycles. The van der Waals surface area contributed by atoms with Crippen molar-refractivity contribution in [2.75, 3.05) is 32.8 Å². The fraction of sp³-hybridized carbons (Fsp3) is 0.500. The number of benzene rings is 1. The van der Waals surface area contributed by atoms with Crippen LogP contribution in [0.1, 0.15) is 11.6 Å². The van der Waals surface area contributed by atoms with Crippen LogP contribution in [0, 0.1) is 0 Å². The summed E-state index contributed by atoms with van der Waals surface area (Å²) < 4.78 is 0. The molecule has 1 aromatic rings. The van der Waals surface area contributed by atoms with Crippen molar-refractivity contribution in [1.82, 2.24) is 10.2 Å². The molecule has 0 aromatic heterocycles. The number of rotatable bonds is 3. The van der Waals surface area contributed by atoms with Gasteiger partial charge in [0.2, 0.25) is 0 Å². The molecular formula is C12H18N2O2. The summed E-state index contributed by atoms with van der Waals surface area (Å²) in [5.41, 5.74) is 1.06. The fourth-order valence-electron chi connectivity index (χ4n) is 2.12. The molecule has 0 aliphatic carbocycles. The van der Waals surface area contributed by atoms with E-state index in [1.165, 1.54) is 0 Å². The molecule has 2 rings (SSSR count). The lowest BCUT2D eigenvalue weighted by atomic mass is 10.1. The number of aromatic hydroxyl groups is 1. The highest BCUT2D eigenvalue weighted by Gasteiger charge is 2.20. The second-order valence-corrected chi connectivity index (χ2v) is 4.08. The van der Waals surface area contributed by atoms with Crippen molar-refractivity contribution in [1.29, 1.82) is 0 Å². The van der Waals surface area contributed by atoms with E-state index in [9.17, 15) is 10.2 Å². The number of piperazine rings is 1. The van der Waals surface area contributed by atoms with E-state index in [0.29, 0.717) is 0 Å². The Hall–Kier alpha value is -1.10. The molecule has 1 aliphatic heterocycles. The quantitative estimate of drug-likeness (QED) is 0.690. The van der Waals surface area contributed by atoms with E-state index >= 15 is 0 Å². The molecule has 1 fully saturated rings. The molecule has 16 heavy (non-hydrogen) atoms. The van der Waals surface area contributed by atoms with Gasteiger partial charge in [-0.2, -0.15) is 0 Å². The van der Waals surface area contributed by atoms with E-state index < -0.39 is 0 Å². The van der Waals surface area contributed by atoms with Crippen molar-refractivity contribution in [3.05, 3.63) is 29.8 Å². The second-order valence-electron chi connectivity index (χ2n) is 4.08. The Labute approximate surface area is 95.5 Å². The summed E-state index contributed by atoms with van der Waals surface area (Å²) in [5.74, 6) is 0.265. The topological polar surface area (TPSA) is 55.7 Å². The molecule has 4 heteroatoms. The lowest BCUT2D eigenvalue weighted by Gasteiger charge is -2.34. The van der Waals surface area contributed by atoms with Gasteiger partial charge in [0, 0.05) is 26.2 Å². The number of phenols is 1. The monoisotopic (exact) mass is 222 g/mol. The number of hydrogen-bond acceptors (Lipinski definition) is 4. The number of nitrogens with one attached hydrogen (secondary N) is 1. The molecule has 0 saturated carbocycles. The van der Waals surface area contributed by atoms with Gasteiger partial charge >= 0.3 is 0 Å². The Bertz CT molecular complexity index is 320. The van der Waals surface area contributed by atoms with Crippen LogP contribution in [0.25, 0.3) is 0 Å². The minimum absolute atomic E-state index is 0.0442. The van der Waals surface area contributed by atoms with Gasteiger partial charge in [0.05, 0.1) is 12.6 Å². The smallest absolute Gasteiger partial charge is 0.115 e. The van der Waals surface area contributed by atoms with E-state index in [-0.39, 0.29) is 18.4 Å². The van der Waals surface area contributed by atoms with Crippen LogP contribution in [0.5, 0.6) is 5.75 Å². The maximum Gasteiger partial charge on any atom is 0.115 e. The minimum Gasteiger partial charge on any atom is -0.508 e. The summed E-state index contributed by atoms with van der Waals surface area (Å²) >= 11 is 0. The lowest BCUT2D eigenvalue weighted by molar-refractivity contribution is 0.111. The first-order valence-electron chi connectivity index (χ1n) is 5.66. The van der Waals surface area contributed by atoms with Gasteiger partial charge < -0.3 is 15.5 Å². The third kappa shape index (κ3) is 2.52. The molecule has 4 nitrogen and oxygen atoms in total. The molecular weight excluding hydrogens is 204 g/mol. The number of phenolic OH excluding ortho intramolecular Hbond substituents is 1. The molecule has 1 saturated heterocycles. The van der Waals surface area contributed by atoms with Crippen LogP contribution in [-0.2, 0) is 0 Å². The molecule has 3 N–H and O–H groups in total. The summed E-state index contributed by atoms with van der Waals surface area (Å²) in [6.45, 7) is 3.95. The van der Waals surface area contributed by atoms with Crippen molar-refractivity contribution >= 4 is 0 Å². The highest BCUT2D eigenvalue weighted by atomic mass is 16.3. The highest BCUT2D eigenvalue weighted by molar-refractivity contribution is 5.28. The summed E-state index contributed by atoms with van der Waals surface area (Å²) in [6.07, 6.45) is 0. The van der Waals surface area contributed by atoms with Gasteiger partial charge in [-0.1, -0.05) is 12.1 Å². The van der Waals surface area contributed by atoms with Crippen LogP contribution in [0.3, 0.4) is 0 Å². The van der Waals surface area contributed by atoms with Crippen molar-refractivity contribution < 1.29 is 10.2 Å². The van der Waals surface area contributed by atoms with Gasteiger partial charge in [0.1, 0.15) is 5.75 Å². The second kappa shape index (κ2) is 5.30. The van der Waals surface area contributed by atoms with E-state index in [4.69, 9.17) is 0 Å². The van der Waals surface area contributed by atoms with Gasteiger partial charge in [-0.25, -0.2) is 0 Å². The molecule has 0 amide bonds. The average molecular weight is 222 g/mol. The molecule has 0 bridgehead atoms. The van der Waals surface area contributed by atoms with Gasteiger partial charge in [-0.05, 0) is 17.7 Å². The molecule has 1 heterocycles. The SMILES string of the molecule is OCC(c1ccc(O)cc1)N1CCNCC1. The summed E-state index contributed by atoms with van der Waals surface area (Å²) in [6, 6.07) is 7.12. The summed E-state index contributed by atoms with van der Waals surface area (Å²) in [7, 11) is 0. The fourth-order valence-corrected chi connectivity index (χ4v) is 2.12. The first-order chi connectivity index (χ1) is 7.81. The van der Waals surface area contributed by atoms with Crippen LogP contribution in [-0.4, -0.2) is 47.9 Å². The Balaban J connectivity index is 2.11. The Morgan fingerprint density at radius 1 is 1.19 bits per heavy atom. The Morgan fingerprint density at radius 3 is 2.38 bits per heavy atom. The van der Waals surface area contributed by atoms with Gasteiger partial charge in [0.25, 0.3) is 0 Å². The largest absolute Gasteiger partial charge is 0.508 e. The zero-order valence-corrected chi connectivity index (χ0v) is 9.26. The van der Waals surface area contributed by atoms with E-state index in [1.54, 1.807) is 12.1 Å². The number of hydrogen-bond donors (Lipinski definition) is 3. The normalized spacial score (nSPS) is 19.6. The van der Waals surface area contributed by atoms with Crippen molar-refractivity contribution in [3.63, 3.8) is 0 Å². The van der Waals surface area contributed by atoms with E-state index in [1.807, 2.05) is 12.1 Å². The van der Waals surface area contributed by atoms with Crippen LogP contribution < -0.4 is 5.32 Å². The lowest BCUT2D eigenvalue weighted by Crippen LogP contribution is -2.46. The van der Waals surface area contributed by atoms with Crippen LogP contribution in [0.4, 0.5) is 0 Å². The average Bonchev–Trinajstić information content (AvgIpc) is 2.34. The molecule has 88 valence electrons. The highest BCUT2D eigenvalue weighted by Crippen LogP contribution is 2.22. The summed E-state index contributed by atoms with van der Waals surface area (Å²) in [4.78, 5) is 2.27. The van der Waals surface area contributed by atoms with E-state index in [2.05, 4.69) is 10.2 Å². The van der Waals surface area contributed by atoms with Crippen molar-refractivity contribution in [2.24, 2.45) is 0 Å². The first-order valence-corrected chi connectivity index (χ1v) is 5.66. The standard InChI is InChI=1S/C12H18N2O2/c15-9-12(14-7-5-13-6-8-14)10-1-3-11(16)4-2-10/h1-4,12-13,15-16H,5-9H2. The number of nitrogens with zero attached hydrogens (tertiary/aromatic N) is 1. The summed E-state index contributed by atoms with van der Waals surface area (Å²) in [5, 5.41) is 22.0. The Kier molecular flexibility index (Phi) is 3.77. The predicted octanol–water partition coefficient (Wildman–Crippen LogP) is 0.331. The number of aliphatic hydroxyl groups excluding tert-OH is 1. The van der Waals surface area contributed by atoms with Crippen LogP contribution >= 0.6 is 0 Å².